The standard InChI is InChI=1S/C11H16O4/c1-5-10(12)14-6-7-15-11(13)9(4)8(2)3/h5H,1,6-7H2,2-4H3. The van der Waals surface area contributed by atoms with E-state index >= 15 is 0 Å². The number of allylic oxidation sites excluding steroid dienone is 1. The molecule has 4 heteroatoms. The highest BCUT2D eigenvalue weighted by atomic mass is 16.6. The van der Waals surface area contributed by atoms with Crippen LogP contribution >= 0.6 is 0 Å². The molecule has 0 bridgehead atoms. The Hall–Kier alpha value is -1.58. The predicted molar refractivity (Wildman–Crippen MR) is 56.2 cm³/mol. The lowest BCUT2D eigenvalue weighted by Crippen LogP contribution is -2.13. The Balaban J connectivity index is 3.79. The minimum absolute atomic E-state index is 0.0482. The van der Waals surface area contributed by atoms with Gasteiger partial charge in [0.25, 0.3) is 0 Å². The van der Waals surface area contributed by atoms with Gasteiger partial charge < -0.3 is 9.47 Å². The van der Waals surface area contributed by atoms with Gasteiger partial charge in [-0.3, -0.25) is 0 Å². The number of hydrogen-bond acceptors (Lipinski definition) is 4. The van der Waals surface area contributed by atoms with Crippen LogP contribution in [0.25, 0.3) is 0 Å². The molecular formula is C11H16O4. The van der Waals surface area contributed by atoms with Crippen molar-refractivity contribution in [1.29, 1.82) is 0 Å². The van der Waals surface area contributed by atoms with E-state index in [0.29, 0.717) is 5.57 Å². The molecule has 0 aromatic carbocycles. The number of hydrogen-bond donors (Lipinski definition) is 0. The Bertz CT molecular complexity index is 285. The minimum Gasteiger partial charge on any atom is -0.459 e. The van der Waals surface area contributed by atoms with Gasteiger partial charge in [-0.05, 0) is 20.8 Å². The summed E-state index contributed by atoms with van der Waals surface area (Å²) in [5.41, 5.74) is 1.48. The summed E-state index contributed by atoms with van der Waals surface area (Å²) in [5, 5.41) is 0. The van der Waals surface area contributed by atoms with E-state index in [4.69, 9.17) is 4.74 Å². The van der Waals surface area contributed by atoms with Gasteiger partial charge in [-0.1, -0.05) is 12.2 Å². The lowest BCUT2D eigenvalue weighted by Gasteiger charge is -2.06. The minimum atomic E-state index is -0.523. The van der Waals surface area contributed by atoms with E-state index in [1.807, 2.05) is 13.8 Å². The number of carbonyl (C=O) groups is 2. The molecule has 4 nitrogen and oxygen atoms in total. The van der Waals surface area contributed by atoms with E-state index in [1.165, 1.54) is 0 Å². The maximum absolute atomic E-state index is 11.3. The molecule has 0 fully saturated rings. The van der Waals surface area contributed by atoms with E-state index in [-0.39, 0.29) is 19.2 Å². The Labute approximate surface area is 89.6 Å². The molecule has 0 spiro atoms. The van der Waals surface area contributed by atoms with Gasteiger partial charge in [-0.15, -0.1) is 0 Å². The number of carbonyl (C=O) groups excluding carboxylic acids is 2. The summed E-state index contributed by atoms with van der Waals surface area (Å²) in [6.07, 6.45) is 1.06. The number of ether oxygens (including phenoxy) is 2. The zero-order valence-electron chi connectivity index (χ0n) is 9.33. The Kier molecular flexibility index (Phi) is 6.09. The van der Waals surface area contributed by atoms with Crippen LogP contribution in [-0.4, -0.2) is 25.2 Å². The second kappa shape index (κ2) is 6.81. The maximum atomic E-state index is 11.3. The van der Waals surface area contributed by atoms with Crippen molar-refractivity contribution < 1.29 is 19.1 Å². The molecule has 0 radical (unpaired) electrons. The molecule has 0 rings (SSSR count). The zero-order chi connectivity index (χ0) is 11.8. The first kappa shape index (κ1) is 13.4. The Morgan fingerprint density at radius 1 is 1.13 bits per heavy atom. The average Bonchev–Trinajstić information content (AvgIpc) is 2.22. The molecular weight excluding hydrogens is 196 g/mol. The molecule has 0 aromatic heterocycles. The summed E-state index contributed by atoms with van der Waals surface area (Å²) in [4.78, 5) is 21.9. The van der Waals surface area contributed by atoms with Gasteiger partial charge >= 0.3 is 11.9 Å². The van der Waals surface area contributed by atoms with Crippen molar-refractivity contribution in [2.45, 2.75) is 20.8 Å². The van der Waals surface area contributed by atoms with Crippen molar-refractivity contribution >= 4 is 11.9 Å². The lowest BCUT2D eigenvalue weighted by molar-refractivity contribution is -0.146. The fraction of sp³-hybridized carbons (Fsp3) is 0.455. The van der Waals surface area contributed by atoms with E-state index < -0.39 is 5.97 Å². The lowest BCUT2D eigenvalue weighted by atomic mass is 10.2. The van der Waals surface area contributed by atoms with Crippen molar-refractivity contribution in [2.24, 2.45) is 0 Å². The molecule has 0 aliphatic heterocycles. The maximum Gasteiger partial charge on any atom is 0.333 e. The quantitative estimate of drug-likeness (QED) is 0.394. The SMILES string of the molecule is C=CC(=O)OCCOC(=O)C(C)=C(C)C. The molecule has 0 N–H and O–H groups in total. The van der Waals surface area contributed by atoms with Crippen LogP contribution in [0.15, 0.2) is 23.8 Å². The van der Waals surface area contributed by atoms with E-state index in [1.54, 1.807) is 6.92 Å². The fourth-order valence-electron chi connectivity index (χ4n) is 0.648. The third-order valence-corrected chi connectivity index (χ3v) is 1.78. The average molecular weight is 212 g/mol. The monoisotopic (exact) mass is 212 g/mol. The van der Waals surface area contributed by atoms with Gasteiger partial charge in [-0.2, -0.15) is 0 Å². The highest BCUT2D eigenvalue weighted by Crippen LogP contribution is 2.03. The summed E-state index contributed by atoms with van der Waals surface area (Å²) in [6.45, 7) is 8.69. The van der Waals surface area contributed by atoms with Crippen molar-refractivity contribution in [3.05, 3.63) is 23.8 Å². The van der Waals surface area contributed by atoms with E-state index in [9.17, 15) is 9.59 Å². The van der Waals surface area contributed by atoms with Crippen LogP contribution in [-0.2, 0) is 19.1 Å². The summed E-state index contributed by atoms with van der Waals surface area (Å²) < 4.78 is 9.48. The molecule has 0 aliphatic carbocycles. The van der Waals surface area contributed by atoms with Crippen molar-refractivity contribution in [1.82, 2.24) is 0 Å². The highest BCUT2D eigenvalue weighted by Gasteiger charge is 2.06. The van der Waals surface area contributed by atoms with Gasteiger partial charge in [0.15, 0.2) is 0 Å². The van der Waals surface area contributed by atoms with Gasteiger partial charge in [0.05, 0.1) is 0 Å². The predicted octanol–water partition coefficient (Wildman–Crippen LogP) is 1.62. The first-order valence-corrected chi connectivity index (χ1v) is 4.59. The molecule has 0 saturated carbocycles. The molecule has 15 heavy (non-hydrogen) atoms. The van der Waals surface area contributed by atoms with Crippen LogP contribution in [0.1, 0.15) is 20.8 Å². The van der Waals surface area contributed by atoms with Crippen LogP contribution in [0.4, 0.5) is 0 Å². The van der Waals surface area contributed by atoms with Crippen LogP contribution in [0.2, 0.25) is 0 Å². The first-order chi connectivity index (χ1) is 6.99. The molecule has 0 atom stereocenters. The second-order valence-electron chi connectivity index (χ2n) is 3.13. The van der Waals surface area contributed by atoms with Crippen molar-refractivity contribution in [2.75, 3.05) is 13.2 Å². The summed E-state index contributed by atoms with van der Waals surface area (Å²) in [6, 6.07) is 0. The molecule has 0 aliphatic rings. The second-order valence-corrected chi connectivity index (χ2v) is 3.13. The van der Waals surface area contributed by atoms with Crippen molar-refractivity contribution in [3.63, 3.8) is 0 Å². The van der Waals surface area contributed by atoms with Crippen LogP contribution in [0.3, 0.4) is 0 Å². The molecule has 0 heterocycles. The normalized spacial score (nSPS) is 9.00. The third-order valence-electron chi connectivity index (χ3n) is 1.78. The summed E-state index contributed by atoms with van der Waals surface area (Å²) >= 11 is 0. The number of esters is 2. The summed E-state index contributed by atoms with van der Waals surface area (Å²) in [5.74, 6) is -0.908. The van der Waals surface area contributed by atoms with Crippen molar-refractivity contribution in [3.8, 4) is 0 Å². The number of rotatable bonds is 5. The van der Waals surface area contributed by atoms with Gasteiger partial charge in [-0.25, -0.2) is 9.59 Å². The molecule has 84 valence electrons. The van der Waals surface area contributed by atoms with Gasteiger partial charge in [0.1, 0.15) is 13.2 Å². The zero-order valence-corrected chi connectivity index (χ0v) is 9.33. The first-order valence-electron chi connectivity index (χ1n) is 4.59. The Morgan fingerprint density at radius 2 is 1.67 bits per heavy atom. The Morgan fingerprint density at radius 3 is 2.13 bits per heavy atom. The van der Waals surface area contributed by atoms with Crippen LogP contribution in [0.5, 0.6) is 0 Å². The smallest absolute Gasteiger partial charge is 0.333 e. The van der Waals surface area contributed by atoms with Gasteiger partial charge in [0, 0.05) is 11.6 Å². The van der Waals surface area contributed by atoms with E-state index in [2.05, 4.69) is 11.3 Å². The largest absolute Gasteiger partial charge is 0.459 e. The van der Waals surface area contributed by atoms with Crippen LogP contribution < -0.4 is 0 Å². The van der Waals surface area contributed by atoms with E-state index in [0.717, 1.165) is 11.6 Å². The highest BCUT2D eigenvalue weighted by molar-refractivity contribution is 5.88. The molecule has 0 saturated heterocycles. The molecule has 0 unspecified atom stereocenters. The third kappa shape index (κ3) is 5.67. The van der Waals surface area contributed by atoms with Crippen LogP contribution in [0, 0.1) is 0 Å². The summed E-state index contributed by atoms with van der Waals surface area (Å²) in [7, 11) is 0. The fourth-order valence-corrected chi connectivity index (χ4v) is 0.648. The van der Waals surface area contributed by atoms with Gasteiger partial charge in [0.2, 0.25) is 0 Å². The molecule has 0 aromatic rings. The topological polar surface area (TPSA) is 52.6 Å². The molecule has 0 amide bonds.